The first-order valence-corrected chi connectivity index (χ1v) is 9.74. The molecule has 0 aliphatic carbocycles. The van der Waals surface area contributed by atoms with Gasteiger partial charge in [0.15, 0.2) is 5.78 Å². The maximum Gasteiger partial charge on any atom is 0.279 e. The lowest BCUT2D eigenvalue weighted by atomic mass is 9.99. The van der Waals surface area contributed by atoms with Crippen molar-refractivity contribution in [3.63, 3.8) is 0 Å². The van der Waals surface area contributed by atoms with Crippen LogP contribution < -0.4 is 5.56 Å². The van der Waals surface area contributed by atoms with Crippen molar-refractivity contribution in [2.24, 2.45) is 0 Å². The van der Waals surface area contributed by atoms with Gasteiger partial charge in [-0.25, -0.2) is 0 Å². The van der Waals surface area contributed by atoms with Gasteiger partial charge in [-0.3, -0.25) is 14.4 Å². The Bertz CT molecular complexity index is 1370. The van der Waals surface area contributed by atoms with E-state index in [0.717, 1.165) is 4.68 Å². The number of rotatable bonds is 4. The zero-order chi connectivity index (χ0) is 21.4. The third-order valence-corrected chi connectivity index (χ3v) is 5.34. The summed E-state index contributed by atoms with van der Waals surface area (Å²) in [5.41, 5.74) is 1.52. The summed E-state index contributed by atoms with van der Waals surface area (Å²) in [5.74, 6) is -0.188. The van der Waals surface area contributed by atoms with Gasteiger partial charge in [-0.2, -0.15) is 9.78 Å². The first kappa shape index (κ1) is 20.0. The average molecular weight is 437 g/mol. The van der Waals surface area contributed by atoms with Crippen LogP contribution in [0.15, 0.2) is 65.5 Å². The predicted molar refractivity (Wildman–Crippen MR) is 118 cm³/mol. The highest BCUT2D eigenvalue weighted by Crippen LogP contribution is 2.31. The zero-order valence-electron chi connectivity index (χ0n) is 15.7. The molecule has 0 unspecified atom stereocenters. The fourth-order valence-corrected chi connectivity index (χ4v) is 3.86. The molecule has 0 fully saturated rings. The first-order valence-electron chi connectivity index (χ1n) is 8.98. The van der Waals surface area contributed by atoms with Gasteiger partial charge in [-0.05, 0) is 43.3 Å². The number of fused-ring (bicyclic) bond motifs is 1. The van der Waals surface area contributed by atoms with Crippen LogP contribution in [0, 0.1) is 0 Å². The predicted octanol–water partition coefficient (Wildman–Crippen LogP) is 5.37. The Hall–Kier alpha value is -3.28. The topological polar surface area (TPSA) is 69.0 Å². The number of para-hydroxylation sites is 1. The number of aldehydes is 1. The Balaban J connectivity index is 2.13. The average Bonchev–Trinajstić information content (AvgIpc) is 2.74. The highest BCUT2D eigenvalue weighted by Gasteiger charge is 2.18. The minimum atomic E-state index is -0.386. The number of nitrogens with zero attached hydrogens (tertiary/aromatic N) is 2. The van der Waals surface area contributed by atoms with E-state index >= 15 is 0 Å². The van der Waals surface area contributed by atoms with Gasteiger partial charge in [0, 0.05) is 22.1 Å². The van der Waals surface area contributed by atoms with Crippen LogP contribution in [-0.4, -0.2) is 21.8 Å². The van der Waals surface area contributed by atoms with Crippen molar-refractivity contribution in [3.8, 4) is 16.9 Å². The van der Waals surface area contributed by atoms with E-state index in [1.807, 2.05) is 0 Å². The molecular formula is C23H14Cl2N2O3. The van der Waals surface area contributed by atoms with Crippen LogP contribution in [0.1, 0.15) is 27.6 Å². The maximum atomic E-state index is 13.2. The van der Waals surface area contributed by atoms with Gasteiger partial charge in [0.2, 0.25) is 0 Å². The molecule has 1 heterocycles. The summed E-state index contributed by atoms with van der Waals surface area (Å²) in [6, 6.07) is 16.7. The minimum absolute atomic E-state index is 0.188. The van der Waals surface area contributed by atoms with E-state index in [2.05, 4.69) is 5.10 Å². The summed E-state index contributed by atoms with van der Waals surface area (Å²) >= 11 is 12.6. The molecule has 0 amide bonds. The first-order chi connectivity index (χ1) is 14.4. The second kappa shape index (κ2) is 7.86. The molecule has 1 aromatic heterocycles. The fourth-order valence-electron chi connectivity index (χ4n) is 3.31. The van der Waals surface area contributed by atoms with Crippen LogP contribution in [-0.2, 0) is 0 Å². The summed E-state index contributed by atoms with van der Waals surface area (Å²) < 4.78 is 1.16. The van der Waals surface area contributed by atoms with Crippen LogP contribution in [0.4, 0.5) is 0 Å². The van der Waals surface area contributed by atoms with Crippen molar-refractivity contribution < 1.29 is 9.59 Å². The van der Waals surface area contributed by atoms with Crippen LogP contribution in [0.3, 0.4) is 0 Å². The van der Waals surface area contributed by atoms with E-state index in [1.54, 1.807) is 54.6 Å². The lowest BCUT2D eigenvalue weighted by Crippen LogP contribution is -2.23. The molecule has 0 bridgehead atoms. The van der Waals surface area contributed by atoms with Crippen LogP contribution in [0.25, 0.3) is 27.7 Å². The smallest absolute Gasteiger partial charge is 0.279 e. The summed E-state index contributed by atoms with van der Waals surface area (Å²) in [6.07, 6.45) is 0.666. The molecule has 30 heavy (non-hydrogen) atoms. The normalized spacial score (nSPS) is 10.9. The van der Waals surface area contributed by atoms with Crippen molar-refractivity contribution in [3.05, 3.63) is 92.2 Å². The third-order valence-electron chi connectivity index (χ3n) is 4.73. The number of benzene rings is 3. The van der Waals surface area contributed by atoms with Gasteiger partial charge in [-0.15, -0.1) is 0 Å². The number of ketones is 1. The van der Waals surface area contributed by atoms with Crippen molar-refractivity contribution in [1.29, 1.82) is 0 Å². The Morgan fingerprint density at radius 3 is 2.27 bits per heavy atom. The lowest BCUT2D eigenvalue weighted by Gasteiger charge is -2.14. The van der Waals surface area contributed by atoms with Crippen LogP contribution >= 0.6 is 23.2 Å². The number of hydrogen-bond donors (Lipinski definition) is 0. The molecule has 3 aromatic carbocycles. The molecule has 0 spiro atoms. The molecule has 0 aliphatic heterocycles. The van der Waals surface area contributed by atoms with Gasteiger partial charge in [0.1, 0.15) is 12.0 Å². The highest BCUT2D eigenvalue weighted by molar-refractivity contribution is 6.37. The van der Waals surface area contributed by atoms with Gasteiger partial charge < -0.3 is 0 Å². The second-order valence-corrected chi connectivity index (χ2v) is 7.51. The third kappa shape index (κ3) is 3.43. The molecule has 0 saturated heterocycles. The van der Waals surface area contributed by atoms with Crippen molar-refractivity contribution >= 4 is 46.0 Å². The van der Waals surface area contributed by atoms with Gasteiger partial charge in [-0.1, -0.05) is 47.5 Å². The number of carbonyl (C=O) groups excluding carboxylic acids is 2. The molecule has 0 saturated carbocycles. The Morgan fingerprint density at radius 1 is 0.967 bits per heavy atom. The quantitative estimate of drug-likeness (QED) is 0.318. The number of carbonyl (C=O) groups is 2. The highest BCUT2D eigenvalue weighted by atomic mass is 35.5. The van der Waals surface area contributed by atoms with Crippen molar-refractivity contribution in [2.75, 3.05) is 0 Å². The maximum absolute atomic E-state index is 13.2. The van der Waals surface area contributed by atoms with E-state index in [1.165, 1.54) is 13.0 Å². The number of aromatic nitrogens is 2. The van der Waals surface area contributed by atoms with Gasteiger partial charge >= 0.3 is 0 Å². The van der Waals surface area contributed by atoms with Gasteiger partial charge in [0.25, 0.3) is 5.56 Å². The Kier molecular flexibility index (Phi) is 5.24. The summed E-state index contributed by atoms with van der Waals surface area (Å²) in [7, 11) is 0. The largest absolute Gasteiger partial charge is 0.298 e. The molecular weight excluding hydrogens is 423 g/mol. The van der Waals surface area contributed by atoms with E-state index in [4.69, 9.17) is 23.2 Å². The molecule has 148 valence electrons. The fraction of sp³-hybridized carbons (Fsp3) is 0.0435. The zero-order valence-corrected chi connectivity index (χ0v) is 17.2. The molecule has 4 rings (SSSR count). The standard InChI is InChI=1S/C23H14Cl2N2O3/c1-13(29)15-9-14(12-28)10-16(11-15)21-17-5-2-3-6-18(17)23(30)27(26-21)22-19(24)7-4-8-20(22)25/h2-12H,1H3. The molecule has 0 aliphatic rings. The summed E-state index contributed by atoms with van der Waals surface area (Å²) in [5, 5.41) is 6.07. The van der Waals surface area contributed by atoms with Crippen LogP contribution in [0.5, 0.6) is 0 Å². The Morgan fingerprint density at radius 2 is 1.63 bits per heavy atom. The van der Waals surface area contributed by atoms with E-state index in [-0.39, 0.29) is 27.1 Å². The summed E-state index contributed by atoms with van der Waals surface area (Å²) in [4.78, 5) is 36.6. The monoisotopic (exact) mass is 436 g/mol. The van der Waals surface area contributed by atoms with Crippen molar-refractivity contribution in [1.82, 2.24) is 9.78 Å². The van der Waals surface area contributed by atoms with Crippen LogP contribution in [0.2, 0.25) is 10.0 Å². The minimum Gasteiger partial charge on any atom is -0.298 e. The van der Waals surface area contributed by atoms with E-state index in [9.17, 15) is 14.4 Å². The molecule has 5 nitrogen and oxygen atoms in total. The molecule has 0 N–H and O–H groups in total. The van der Waals surface area contributed by atoms with E-state index in [0.29, 0.717) is 39.4 Å². The molecule has 0 atom stereocenters. The molecule has 0 radical (unpaired) electrons. The summed E-state index contributed by atoms with van der Waals surface area (Å²) in [6.45, 7) is 1.42. The van der Waals surface area contributed by atoms with E-state index < -0.39 is 0 Å². The number of hydrogen-bond acceptors (Lipinski definition) is 4. The lowest BCUT2D eigenvalue weighted by molar-refractivity contribution is 0.101. The second-order valence-electron chi connectivity index (χ2n) is 6.70. The number of halogens is 2. The Labute approximate surface area is 181 Å². The van der Waals surface area contributed by atoms with Crippen molar-refractivity contribution in [2.45, 2.75) is 6.92 Å². The number of Topliss-reactive ketones (excluding diaryl/α,β-unsaturated/α-hetero) is 1. The SMILES string of the molecule is CC(=O)c1cc(C=O)cc(-c2nn(-c3c(Cl)cccc3Cl)c(=O)c3ccccc23)c1. The molecule has 4 aromatic rings. The molecule has 7 heteroatoms. The van der Waals surface area contributed by atoms with Gasteiger partial charge in [0.05, 0.1) is 21.1 Å².